The number of rotatable bonds is 10. The van der Waals surface area contributed by atoms with Crippen LogP contribution in [0.2, 0.25) is 0 Å². The Balaban J connectivity index is 1.62. The van der Waals surface area contributed by atoms with E-state index in [4.69, 9.17) is 14.7 Å². The maximum absolute atomic E-state index is 13.5. The van der Waals surface area contributed by atoms with Crippen molar-refractivity contribution in [3.8, 4) is 11.4 Å². The van der Waals surface area contributed by atoms with Gasteiger partial charge in [-0.25, -0.2) is 14.4 Å². The number of nitrogens with one attached hydrogen (secondary N) is 1. The van der Waals surface area contributed by atoms with Crippen molar-refractivity contribution in [2.45, 2.75) is 32.7 Å². The Bertz CT molecular complexity index is 1120. The lowest BCUT2D eigenvalue weighted by atomic mass is 10.1. The Hall–Kier alpha value is -3.10. The number of anilines is 1. The number of amides is 1. The van der Waals surface area contributed by atoms with Crippen LogP contribution in [0, 0.1) is 5.82 Å². The lowest BCUT2D eigenvalue weighted by molar-refractivity contribution is -0.121. The summed E-state index contributed by atoms with van der Waals surface area (Å²) in [6.07, 6.45) is 1.32. The fraction of sp³-hybridized carbons (Fsp3) is 0.444. The number of halogens is 1. The van der Waals surface area contributed by atoms with E-state index in [2.05, 4.69) is 15.1 Å². The number of hydrogen-bond donors (Lipinski definition) is 1. The highest BCUT2D eigenvalue weighted by atomic mass is 19.1. The zero-order chi connectivity index (χ0) is 24.6. The Morgan fingerprint density at radius 2 is 1.83 bits per heavy atom. The van der Waals surface area contributed by atoms with Gasteiger partial charge in [0.1, 0.15) is 11.6 Å². The zero-order valence-electron chi connectivity index (χ0n) is 20.5. The van der Waals surface area contributed by atoms with Crippen molar-refractivity contribution in [1.29, 1.82) is 0 Å². The molecule has 3 aromatic rings. The molecule has 1 amide bonds. The van der Waals surface area contributed by atoms with Gasteiger partial charge >= 0.3 is 0 Å². The summed E-state index contributed by atoms with van der Waals surface area (Å²) in [5, 5.41) is 3.92. The maximum atomic E-state index is 13.5. The van der Waals surface area contributed by atoms with Crippen LogP contribution in [0.4, 0.5) is 10.2 Å². The van der Waals surface area contributed by atoms with Gasteiger partial charge in [0.25, 0.3) is 0 Å². The Morgan fingerprint density at radius 3 is 2.57 bits per heavy atom. The summed E-state index contributed by atoms with van der Waals surface area (Å²) in [5.74, 6) is 1.07. The first-order valence-corrected chi connectivity index (χ1v) is 12.4. The minimum absolute atomic E-state index is 0.0234. The number of para-hydroxylation sites is 1. The molecule has 1 aliphatic rings. The standard InChI is InChI=1S/C27H34FN5O2/c1-20(2)29-25(34)12-15-33(14-5-13-32-16-18-35-19-17-32)27-23-6-3-4-7-24(23)30-26(31-27)21-8-10-22(28)11-9-21/h3-4,6-11,20H,5,12-19H2,1-2H3,(H,29,34). The monoisotopic (exact) mass is 479 g/mol. The number of fused-ring (bicyclic) bond motifs is 1. The van der Waals surface area contributed by atoms with E-state index in [1.54, 1.807) is 12.1 Å². The van der Waals surface area contributed by atoms with E-state index >= 15 is 0 Å². The number of carbonyl (C=O) groups excluding carboxylic acids is 1. The first kappa shape index (κ1) is 25.0. The molecule has 1 aliphatic heterocycles. The molecule has 1 fully saturated rings. The molecule has 186 valence electrons. The maximum Gasteiger partial charge on any atom is 0.221 e. The Kier molecular flexibility index (Phi) is 8.60. The highest BCUT2D eigenvalue weighted by Gasteiger charge is 2.18. The highest BCUT2D eigenvalue weighted by molar-refractivity contribution is 5.91. The third-order valence-corrected chi connectivity index (χ3v) is 6.05. The summed E-state index contributed by atoms with van der Waals surface area (Å²) in [7, 11) is 0. The molecule has 7 nitrogen and oxygen atoms in total. The van der Waals surface area contributed by atoms with Gasteiger partial charge in [0, 0.05) is 56.1 Å². The summed E-state index contributed by atoms with van der Waals surface area (Å²) in [4.78, 5) is 26.7. The molecule has 0 unspecified atom stereocenters. The predicted molar refractivity (Wildman–Crippen MR) is 137 cm³/mol. The van der Waals surface area contributed by atoms with Gasteiger partial charge in [-0.2, -0.15) is 0 Å². The molecule has 4 rings (SSSR count). The Labute approximate surface area is 206 Å². The summed E-state index contributed by atoms with van der Waals surface area (Å²) in [5.41, 5.74) is 1.57. The van der Waals surface area contributed by atoms with Crippen LogP contribution in [0.1, 0.15) is 26.7 Å². The van der Waals surface area contributed by atoms with Gasteiger partial charge in [-0.05, 0) is 56.7 Å². The molecule has 0 bridgehead atoms. The van der Waals surface area contributed by atoms with E-state index < -0.39 is 0 Å². The Morgan fingerprint density at radius 1 is 1.09 bits per heavy atom. The quantitative estimate of drug-likeness (QED) is 0.476. The van der Waals surface area contributed by atoms with E-state index in [1.807, 2.05) is 38.1 Å². The average molecular weight is 480 g/mol. The van der Waals surface area contributed by atoms with E-state index in [-0.39, 0.29) is 17.8 Å². The number of morpholine rings is 1. The van der Waals surface area contributed by atoms with E-state index in [0.717, 1.165) is 68.1 Å². The van der Waals surface area contributed by atoms with E-state index in [0.29, 0.717) is 18.8 Å². The number of nitrogens with zero attached hydrogens (tertiary/aromatic N) is 4. The number of aromatic nitrogens is 2. The van der Waals surface area contributed by atoms with Crippen molar-refractivity contribution in [1.82, 2.24) is 20.2 Å². The molecule has 0 saturated carbocycles. The number of carbonyl (C=O) groups is 1. The molecule has 0 atom stereocenters. The second kappa shape index (κ2) is 12.0. The van der Waals surface area contributed by atoms with Crippen molar-refractivity contribution >= 4 is 22.6 Å². The normalized spacial score (nSPS) is 14.4. The van der Waals surface area contributed by atoms with Crippen molar-refractivity contribution in [2.75, 3.05) is 50.8 Å². The molecule has 0 aliphatic carbocycles. The van der Waals surface area contributed by atoms with Gasteiger partial charge in [-0.1, -0.05) is 12.1 Å². The largest absolute Gasteiger partial charge is 0.379 e. The molecule has 0 radical (unpaired) electrons. The van der Waals surface area contributed by atoms with Crippen molar-refractivity contribution in [2.24, 2.45) is 0 Å². The topological polar surface area (TPSA) is 70.6 Å². The van der Waals surface area contributed by atoms with Gasteiger partial charge in [-0.15, -0.1) is 0 Å². The zero-order valence-corrected chi connectivity index (χ0v) is 20.5. The summed E-state index contributed by atoms with van der Waals surface area (Å²) >= 11 is 0. The van der Waals surface area contributed by atoms with Crippen LogP contribution in [0.15, 0.2) is 48.5 Å². The van der Waals surface area contributed by atoms with Crippen LogP contribution in [-0.2, 0) is 9.53 Å². The fourth-order valence-corrected chi connectivity index (χ4v) is 4.29. The van der Waals surface area contributed by atoms with Gasteiger partial charge in [-0.3, -0.25) is 9.69 Å². The van der Waals surface area contributed by atoms with Crippen LogP contribution in [0.25, 0.3) is 22.3 Å². The van der Waals surface area contributed by atoms with Crippen LogP contribution in [0.5, 0.6) is 0 Å². The second-order valence-electron chi connectivity index (χ2n) is 9.16. The summed E-state index contributed by atoms with van der Waals surface area (Å²) in [6, 6.07) is 14.2. The fourth-order valence-electron chi connectivity index (χ4n) is 4.29. The van der Waals surface area contributed by atoms with Gasteiger partial charge in [0.2, 0.25) is 5.91 Å². The molecule has 1 N–H and O–H groups in total. The highest BCUT2D eigenvalue weighted by Crippen LogP contribution is 2.28. The lowest BCUT2D eigenvalue weighted by Crippen LogP contribution is -2.39. The molecule has 1 saturated heterocycles. The molecule has 8 heteroatoms. The van der Waals surface area contributed by atoms with Crippen molar-refractivity contribution in [3.05, 3.63) is 54.3 Å². The molecule has 2 aromatic carbocycles. The first-order chi connectivity index (χ1) is 17.0. The third kappa shape index (κ3) is 6.96. The average Bonchev–Trinajstić information content (AvgIpc) is 2.86. The van der Waals surface area contributed by atoms with Crippen LogP contribution >= 0.6 is 0 Å². The molecule has 1 aromatic heterocycles. The summed E-state index contributed by atoms with van der Waals surface area (Å²) < 4.78 is 19.0. The number of benzene rings is 2. The van der Waals surface area contributed by atoms with E-state index in [9.17, 15) is 9.18 Å². The van der Waals surface area contributed by atoms with Crippen LogP contribution in [-0.4, -0.2) is 72.8 Å². The molecule has 35 heavy (non-hydrogen) atoms. The third-order valence-electron chi connectivity index (χ3n) is 6.05. The predicted octanol–water partition coefficient (Wildman–Crippen LogP) is 3.88. The van der Waals surface area contributed by atoms with Crippen LogP contribution < -0.4 is 10.2 Å². The second-order valence-corrected chi connectivity index (χ2v) is 9.16. The minimum atomic E-state index is -0.296. The lowest BCUT2D eigenvalue weighted by Gasteiger charge is -2.29. The minimum Gasteiger partial charge on any atom is -0.379 e. The molecule has 2 heterocycles. The van der Waals surface area contributed by atoms with Crippen molar-refractivity contribution in [3.63, 3.8) is 0 Å². The van der Waals surface area contributed by atoms with Gasteiger partial charge < -0.3 is 15.0 Å². The van der Waals surface area contributed by atoms with Crippen LogP contribution in [0.3, 0.4) is 0 Å². The van der Waals surface area contributed by atoms with E-state index in [1.165, 1.54) is 12.1 Å². The number of ether oxygens (including phenoxy) is 1. The molecular weight excluding hydrogens is 445 g/mol. The smallest absolute Gasteiger partial charge is 0.221 e. The molecule has 0 spiro atoms. The molecular formula is C27H34FN5O2. The SMILES string of the molecule is CC(C)NC(=O)CCN(CCCN1CCOCC1)c1nc(-c2ccc(F)cc2)nc2ccccc12. The van der Waals surface area contributed by atoms with Gasteiger partial charge in [0.05, 0.1) is 18.7 Å². The first-order valence-electron chi connectivity index (χ1n) is 12.4. The van der Waals surface area contributed by atoms with Gasteiger partial charge in [0.15, 0.2) is 5.82 Å². The van der Waals surface area contributed by atoms with Crippen molar-refractivity contribution < 1.29 is 13.9 Å². The number of hydrogen-bond acceptors (Lipinski definition) is 6. The summed E-state index contributed by atoms with van der Waals surface area (Å²) in [6.45, 7) is 9.64.